The van der Waals surface area contributed by atoms with Crippen molar-refractivity contribution in [3.63, 3.8) is 0 Å². The number of carbonyl (C=O) groups excluding carboxylic acids is 2. The maximum atomic E-state index is 14.8. The van der Waals surface area contributed by atoms with Crippen molar-refractivity contribution in [2.24, 2.45) is 0 Å². The molecular formula is C44H38F2N12O4. The number of nitriles is 2. The van der Waals surface area contributed by atoms with Crippen LogP contribution in [0.4, 0.5) is 20.4 Å². The third kappa shape index (κ3) is 7.25. The number of rotatable bonds is 6. The lowest BCUT2D eigenvalue weighted by Crippen LogP contribution is -2.29. The van der Waals surface area contributed by atoms with Gasteiger partial charge in [0.15, 0.2) is 11.6 Å². The van der Waals surface area contributed by atoms with Gasteiger partial charge in [0.1, 0.15) is 11.6 Å². The molecule has 0 spiro atoms. The number of anilines is 2. The lowest BCUT2D eigenvalue weighted by molar-refractivity contribution is 0.0833. The lowest BCUT2D eigenvalue weighted by Gasteiger charge is -2.18. The molecule has 4 aromatic heterocycles. The molecule has 8 heterocycles. The Bertz CT molecular complexity index is 3260. The van der Waals surface area contributed by atoms with Crippen LogP contribution in [-0.4, -0.2) is 88.7 Å². The molecular weight excluding hydrogens is 799 g/mol. The fourth-order valence-electron chi connectivity index (χ4n) is 6.94. The minimum atomic E-state index is -2.55. The number of hydrogen-bond donors (Lipinski definition) is 4. The molecule has 4 aliphatic rings. The highest BCUT2D eigenvalue weighted by Crippen LogP contribution is 2.35. The maximum absolute atomic E-state index is 14.8. The quantitative estimate of drug-likeness (QED) is 0.185. The van der Waals surface area contributed by atoms with E-state index in [2.05, 4.69) is 30.8 Å². The molecule has 0 saturated carbocycles. The van der Waals surface area contributed by atoms with E-state index in [1.165, 1.54) is 74.8 Å². The van der Waals surface area contributed by atoms with Crippen molar-refractivity contribution >= 4 is 23.5 Å². The van der Waals surface area contributed by atoms with Crippen LogP contribution in [0.3, 0.4) is 0 Å². The molecule has 4 N–H and O–H groups in total. The molecule has 6 aromatic rings. The summed E-state index contributed by atoms with van der Waals surface area (Å²) in [7, 11) is 0. The average Bonchev–Trinajstić information content (AvgIpc) is 4.09. The minimum absolute atomic E-state index is 0.0515. The fourth-order valence-corrected chi connectivity index (χ4v) is 6.94. The molecule has 2 aromatic carbocycles. The van der Waals surface area contributed by atoms with Gasteiger partial charge in [-0.3, -0.25) is 9.59 Å². The number of pyridine rings is 2. The summed E-state index contributed by atoms with van der Waals surface area (Å²) < 4.78 is 131. The molecule has 16 nitrogen and oxygen atoms in total. The normalized spacial score (nSPS) is 27.7. The number of β-amino-alcohol motifs (C(OH)–C–C–N with tert-alkyl or cyclic N) is 2. The van der Waals surface area contributed by atoms with E-state index in [-0.39, 0.29) is 79.2 Å². The van der Waals surface area contributed by atoms with Crippen molar-refractivity contribution in [2.75, 3.05) is 35.8 Å². The van der Waals surface area contributed by atoms with Gasteiger partial charge in [-0.05, 0) is 63.1 Å². The first kappa shape index (κ1) is 28.1. The Morgan fingerprint density at radius 1 is 0.694 bits per heavy atom. The summed E-state index contributed by atoms with van der Waals surface area (Å²) in [6.07, 6.45) is 1.51. The van der Waals surface area contributed by atoms with Crippen molar-refractivity contribution < 1.29 is 45.0 Å². The average molecular weight is 849 g/mol. The van der Waals surface area contributed by atoms with Crippen LogP contribution in [0.25, 0.3) is 33.9 Å². The zero-order chi connectivity index (χ0) is 54.3. The first-order valence-corrected chi connectivity index (χ1v) is 18.5. The molecule has 10 rings (SSSR count). The third-order valence-electron chi connectivity index (χ3n) is 9.79. The molecule has 0 radical (unpaired) electrons. The van der Waals surface area contributed by atoms with Crippen LogP contribution in [0.1, 0.15) is 86.4 Å². The Labute approximate surface area is 370 Å². The summed E-state index contributed by atoms with van der Waals surface area (Å²) in [5.41, 5.74) is -6.17. The molecule has 312 valence electrons. The van der Waals surface area contributed by atoms with Gasteiger partial charge in [-0.2, -0.15) is 20.7 Å². The van der Waals surface area contributed by atoms with Gasteiger partial charge in [0.05, 0.1) is 115 Å². The van der Waals surface area contributed by atoms with E-state index >= 15 is 0 Å². The van der Waals surface area contributed by atoms with Crippen LogP contribution >= 0.6 is 0 Å². The number of benzene rings is 2. The number of amides is 2. The van der Waals surface area contributed by atoms with E-state index in [1.807, 2.05) is 12.1 Å². The second-order valence-electron chi connectivity index (χ2n) is 14.6. The lowest BCUT2D eigenvalue weighted by atomic mass is 10.0. The topological polar surface area (TPSA) is 214 Å². The molecule has 0 aliphatic carbocycles. The van der Waals surface area contributed by atoms with Gasteiger partial charge in [0.25, 0.3) is 11.8 Å². The molecule has 2 saturated heterocycles. The SMILES string of the molecule is [2H]C1([2H])NC(=O)c2c(-n3ccc(N4C([2H])([2H])CC(C)(O)C4([2H])[2H])n3)cc(-c3c(F)cccc3C#N)nc21.[2H]C1([2H])NC(=O)c2c(-n3ccc(N4C([2H])([2H])C[C@](C)(O)C4([2H])[2H])n3)cc(-c3c(F)cccc3C#N)nc21. The predicted molar refractivity (Wildman–Crippen MR) is 220 cm³/mol. The number of halogens is 2. The summed E-state index contributed by atoms with van der Waals surface area (Å²) in [6, 6.07) is 16.4. The number of hydrogen-bond acceptors (Lipinski definition) is 12. The Hall–Kier alpha value is -7.54. The molecule has 2 atom stereocenters. The van der Waals surface area contributed by atoms with Crippen LogP contribution in [0.15, 0.2) is 73.1 Å². The van der Waals surface area contributed by atoms with Crippen molar-refractivity contribution in [2.45, 2.75) is 50.9 Å². The third-order valence-corrected chi connectivity index (χ3v) is 9.79. The van der Waals surface area contributed by atoms with Crippen LogP contribution in [0.2, 0.25) is 0 Å². The van der Waals surface area contributed by atoms with Crippen LogP contribution in [0.5, 0.6) is 0 Å². The van der Waals surface area contributed by atoms with Crippen molar-refractivity contribution in [3.05, 3.63) is 118 Å². The van der Waals surface area contributed by atoms with Gasteiger partial charge < -0.3 is 30.6 Å². The monoisotopic (exact) mass is 848 g/mol. The zero-order valence-electron chi connectivity index (χ0n) is 44.3. The number of aliphatic hydroxyl groups is 2. The van der Waals surface area contributed by atoms with Crippen LogP contribution in [-0.2, 0) is 13.0 Å². The summed E-state index contributed by atoms with van der Waals surface area (Å²) in [4.78, 5) is 35.2. The van der Waals surface area contributed by atoms with Crippen molar-refractivity contribution in [1.82, 2.24) is 40.2 Å². The summed E-state index contributed by atoms with van der Waals surface area (Å²) in [6.45, 7) is -12.2. The fraction of sp³-hybridized carbons (Fsp3) is 0.273. The zero-order valence-corrected chi connectivity index (χ0v) is 32.3. The highest BCUT2D eigenvalue weighted by Gasteiger charge is 2.35. The van der Waals surface area contributed by atoms with E-state index < -0.39 is 86.5 Å². The van der Waals surface area contributed by atoms with Gasteiger partial charge in [-0.15, -0.1) is 0 Å². The summed E-state index contributed by atoms with van der Waals surface area (Å²) in [5.74, 6) is -3.64. The first-order valence-electron chi connectivity index (χ1n) is 24.5. The van der Waals surface area contributed by atoms with E-state index in [4.69, 9.17) is 16.4 Å². The van der Waals surface area contributed by atoms with E-state index in [1.54, 1.807) is 0 Å². The van der Waals surface area contributed by atoms with Gasteiger partial charge in [0.2, 0.25) is 0 Å². The second kappa shape index (κ2) is 15.2. The first-order chi connectivity index (χ1) is 34.2. The molecule has 2 amide bonds. The van der Waals surface area contributed by atoms with Gasteiger partial charge >= 0.3 is 0 Å². The van der Waals surface area contributed by atoms with E-state index in [0.29, 0.717) is 9.80 Å². The number of nitrogens with zero attached hydrogens (tertiary/aromatic N) is 10. The standard InChI is InChI=1S/2C22H19FN6O2/c2*1-22(31)6-8-28(12-22)18-5-7-29(27-18)17-9-15(26-16-11-25-21(30)20(16)17)19-13(10-24)3-2-4-14(19)23/h2*2-5,7,9,31H,6,8,11-12H2,1H3,(H,25,30)/t22-;/m0./s1/i2*8D2,11D2,12D2. The smallest absolute Gasteiger partial charge is 0.255 e. The number of nitrogens with one attached hydrogen (secondary N) is 2. The van der Waals surface area contributed by atoms with Crippen molar-refractivity contribution in [1.29, 1.82) is 10.5 Å². The Morgan fingerprint density at radius 2 is 1.11 bits per heavy atom. The van der Waals surface area contributed by atoms with E-state index in [9.17, 15) is 39.1 Å². The number of carbonyl (C=O) groups is 2. The minimum Gasteiger partial charge on any atom is -0.388 e. The van der Waals surface area contributed by atoms with E-state index in [0.717, 1.165) is 21.5 Å². The molecule has 4 aliphatic heterocycles. The number of fused-ring (bicyclic) bond motifs is 2. The molecule has 62 heavy (non-hydrogen) atoms. The highest BCUT2D eigenvalue weighted by atomic mass is 19.1. The molecule has 0 bridgehead atoms. The summed E-state index contributed by atoms with van der Waals surface area (Å²) >= 11 is 0. The molecule has 2 fully saturated rings. The Morgan fingerprint density at radius 3 is 1.48 bits per heavy atom. The van der Waals surface area contributed by atoms with Gasteiger partial charge in [-0.1, -0.05) is 12.1 Å². The van der Waals surface area contributed by atoms with Gasteiger partial charge in [-0.25, -0.2) is 28.1 Å². The van der Waals surface area contributed by atoms with Crippen LogP contribution < -0.4 is 20.4 Å². The van der Waals surface area contributed by atoms with Gasteiger partial charge in [0, 0.05) is 56.0 Å². The van der Waals surface area contributed by atoms with Crippen LogP contribution in [0, 0.1) is 34.3 Å². The molecule has 1 unspecified atom stereocenters. The maximum Gasteiger partial charge on any atom is 0.255 e. The predicted octanol–water partition coefficient (Wildman–Crippen LogP) is 4.30. The highest BCUT2D eigenvalue weighted by molar-refractivity contribution is 6.02. The summed E-state index contributed by atoms with van der Waals surface area (Å²) in [5, 5.41) is 52.8. The Kier molecular flexibility index (Phi) is 6.87. The second-order valence-corrected chi connectivity index (χ2v) is 14.6. The Balaban J connectivity index is 0.000000182. The molecule has 18 heteroatoms. The number of aromatic nitrogens is 6. The largest absolute Gasteiger partial charge is 0.388 e. The van der Waals surface area contributed by atoms with Crippen molar-refractivity contribution in [3.8, 4) is 46.0 Å².